The highest BCUT2D eigenvalue weighted by Gasteiger charge is 2.10. The molecule has 0 radical (unpaired) electrons. The molecule has 2 heterocycles. The number of aliphatic imine (C=N–C) groups is 1. The molecule has 1 aromatic heterocycles. The van der Waals surface area contributed by atoms with Gasteiger partial charge < -0.3 is 5.32 Å². The molecule has 0 spiro atoms. The van der Waals surface area contributed by atoms with Gasteiger partial charge in [-0.15, -0.1) is 0 Å². The fraction of sp³-hybridized carbons (Fsp3) is 0.273. The molecular formula is C11H12N4. The molecule has 1 aliphatic heterocycles. The number of benzene rings is 1. The van der Waals surface area contributed by atoms with Crippen molar-refractivity contribution >= 4 is 16.9 Å². The topological polar surface area (TPSA) is 42.2 Å². The molecular weight excluding hydrogens is 188 g/mol. The number of fused-ring (bicyclic) bond motifs is 1. The maximum absolute atomic E-state index is 4.52. The third-order valence-electron chi connectivity index (χ3n) is 2.61. The number of aryl methyl sites for hydroxylation is 1. The summed E-state index contributed by atoms with van der Waals surface area (Å²) in [7, 11) is 0. The molecule has 4 heteroatoms. The zero-order valence-corrected chi connectivity index (χ0v) is 8.57. The van der Waals surface area contributed by atoms with E-state index in [-0.39, 0.29) is 0 Å². The van der Waals surface area contributed by atoms with E-state index in [1.54, 1.807) is 0 Å². The molecule has 3 rings (SSSR count). The molecule has 1 aliphatic rings. The van der Waals surface area contributed by atoms with Crippen LogP contribution in [0.5, 0.6) is 0 Å². The Bertz CT molecular complexity index is 539. The van der Waals surface area contributed by atoms with Gasteiger partial charge in [-0.3, -0.25) is 0 Å². The Balaban J connectivity index is 2.18. The fourth-order valence-electron chi connectivity index (χ4n) is 1.84. The largest absolute Gasteiger partial charge is 0.353 e. The second-order valence-electron chi connectivity index (χ2n) is 3.72. The highest BCUT2D eigenvalue weighted by Crippen LogP contribution is 2.15. The number of hydrogen-bond acceptors (Lipinski definition) is 3. The van der Waals surface area contributed by atoms with Gasteiger partial charge in [0, 0.05) is 18.1 Å². The summed E-state index contributed by atoms with van der Waals surface area (Å²) in [5.41, 5.74) is 2.25. The van der Waals surface area contributed by atoms with Crippen LogP contribution in [-0.2, 0) is 0 Å². The van der Waals surface area contributed by atoms with Gasteiger partial charge in [0.1, 0.15) is 0 Å². The lowest BCUT2D eigenvalue weighted by atomic mass is 10.2. The van der Waals surface area contributed by atoms with Crippen LogP contribution in [0, 0.1) is 6.92 Å². The molecule has 0 unspecified atom stereocenters. The predicted molar refractivity (Wildman–Crippen MR) is 60.2 cm³/mol. The van der Waals surface area contributed by atoms with Crippen molar-refractivity contribution in [2.45, 2.75) is 6.92 Å². The van der Waals surface area contributed by atoms with E-state index in [1.165, 1.54) is 5.56 Å². The highest BCUT2D eigenvalue weighted by atomic mass is 15.4. The van der Waals surface area contributed by atoms with Crippen molar-refractivity contribution < 1.29 is 0 Å². The first-order valence-electron chi connectivity index (χ1n) is 5.08. The Morgan fingerprint density at radius 3 is 3.07 bits per heavy atom. The van der Waals surface area contributed by atoms with Gasteiger partial charge in [-0.05, 0) is 12.5 Å². The molecule has 2 aromatic rings. The van der Waals surface area contributed by atoms with Crippen LogP contribution in [0.1, 0.15) is 5.56 Å². The van der Waals surface area contributed by atoms with E-state index >= 15 is 0 Å². The number of nitrogens with zero attached hydrogens (tertiary/aromatic N) is 3. The normalized spacial score (nSPS) is 15.4. The van der Waals surface area contributed by atoms with Crippen LogP contribution in [0.15, 0.2) is 29.4 Å². The summed E-state index contributed by atoms with van der Waals surface area (Å²) in [6, 6.07) is 6.19. The molecule has 0 atom stereocenters. The summed E-state index contributed by atoms with van der Waals surface area (Å²) in [6.45, 7) is 3.82. The quantitative estimate of drug-likeness (QED) is 0.693. The van der Waals surface area contributed by atoms with Gasteiger partial charge in [-0.25, -0.2) is 9.67 Å². The van der Waals surface area contributed by atoms with Gasteiger partial charge >= 0.3 is 0 Å². The minimum atomic E-state index is 0.838. The smallest absolute Gasteiger partial charge is 0.219 e. The Morgan fingerprint density at radius 1 is 1.40 bits per heavy atom. The summed E-state index contributed by atoms with van der Waals surface area (Å²) in [5.74, 6) is 0.852. The van der Waals surface area contributed by atoms with Crippen molar-refractivity contribution in [3.63, 3.8) is 0 Å². The molecule has 15 heavy (non-hydrogen) atoms. The Hall–Kier alpha value is -1.84. The molecule has 4 nitrogen and oxygen atoms in total. The number of hydrogen-bond donors (Lipinski definition) is 1. The minimum Gasteiger partial charge on any atom is -0.353 e. The standard InChI is InChI=1S/C11H12N4/c1-8-3-2-4-9-7-15(14-10(8)9)11-12-5-6-13-11/h2-4,7H,5-6H2,1H3,(H,12,13). The fourth-order valence-corrected chi connectivity index (χ4v) is 1.84. The molecule has 0 fully saturated rings. The van der Waals surface area contributed by atoms with Gasteiger partial charge in [-0.1, -0.05) is 18.2 Å². The molecule has 76 valence electrons. The second kappa shape index (κ2) is 3.08. The van der Waals surface area contributed by atoms with Crippen LogP contribution in [0.4, 0.5) is 0 Å². The maximum atomic E-state index is 4.52. The second-order valence-corrected chi connectivity index (χ2v) is 3.72. The van der Waals surface area contributed by atoms with Gasteiger partial charge in [0.05, 0.1) is 12.1 Å². The van der Waals surface area contributed by atoms with Crippen molar-refractivity contribution in [1.82, 2.24) is 15.1 Å². The summed E-state index contributed by atoms with van der Waals surface area (Å²) in [4.78, 5) is 4.34. The van der Waals surface area contributed by atoms with E-state index in [9.17, 15) is 0 Å². The van der Waals surface area contributed by atoms with Crippen molar-refractivity contribution in [2.24, 2.45) is 4.99 Å². The number of nitrogens with one attached hydrogen (secondary N) is 1. The van der Waals surface area contributed by atoms with Gasteiger partial charge in [-0.2, -0.15) is 5.10 Å². The Kier molecular flexibility index (Phi) is 1.74. The van der Waals surface area contributed by atoms with Crippen LogP contribution in [0.3, 0.4) is 0 Å². The van der Waals surface area contributed by atoms with Gasteiger partial charge in [0.15, 0.2) is 0 Å². The van der Waals surface area contributed by atoms with E-state index < -0.39 is 0 Å². The summed E-state index contributed by atoms with van der Waals surface area (Å²) >= 11 is 0. The van der Waals surface area contributed by atoms with Crippen molar-refractivity contribution in [3.8, 4) is 0 Å². The first-order valence-corrected chi connectivity index (χ1v) is 5.08. The third-order valence-corrected chi connectivity index (χ3v) is 2.61. The van der Waals surface area contributed by atoms with E-state index in [0.29, 0.717) is 0 Å². The molecule has 0 amide bonds. The summed E-state index contributed by atoms with van der Waals surface area (Å²) < 4.78 is 1.82. The molecule has 0 bridgehead atoms. The first-order chi connectivity index (χ1) is 7.34. The third kappa shape index (κ3) is 1.29. The monoisotopic (exact) mass is 200 g/mol. The van der Waals surface area contributed by atoms with Crippen molar-refractivity contribution in [3.05, 3.63) is 30.0 Å². The van der Waals surface area contributed by atoms with Crippen LogP contribution in [0.25, 0.3) is 10.9 Å². The van der Waals surface area contributed by atoms with Crippen molar-refractivity contribution in [1.29, 1.82) is 0 Å². The van der Waals surface area contributed by atoms with Crippen LogP contribution in [-0.4, -0.2) is 28.8 Å². The Morgan fingerprint density at radius 2 is 2.33 bits per heavy atom. The highest BCUT2D eigenvalue weighted by molar-refractivity contribution is 5.89. The molecule has 0 saturated carbocycles. The van der Waals surface area contributed by atoms with Gasteiger partial charge in [0.25, 0.3) is 0 Å². The SMILES string of the molecule is Cc1cccc2cn(C3=NCCN3)nc12. The molecule has 0 saturated heterocycles. The molecule has 1 aromatic carbocycles. The minimum absolute atomic E-state index is 0.838. The van der Waals surface area contributed by atoms with E-state index in [0.717, 1.165) is 30.0 Å². The zero-order valence-electron chi connectivity index (χ0n) is 8.57. The Labute approximate surface area is 87.6 Å². The van der Waals surface area contributed by atoms with E-state index in [1.807, 2.05) is 16.9 Å². The molecule has 0 aliphatic carbocycles. The van der Waals surface area contributed by atoms with Crippen LogP contribution >= 0.6 is 0 Å². The number of rotatable bonds is 0. The van der Waals surface area contributed by atoms with E-state index in [2.05, 4.69) is 34.5 Å². The number of aromatic nitrogens is 2. The summed E-state index contributed by atoms with van der Waals surface area (Å²) in [6.07, 6.45) is 2.01. The average Bonchev–Trinajstić information content (AvgIpc) is 2.86. The maximum Gasteiger partial charge on any atom is 0.219 e. The lowest BCUT2D eigenvalue weighted by Crippen LogP contribution is -2.26. The molecule has 1 N–H and O–H groups in total. The zero-order chi connectivity index (χ0) is 10.3. The first kappa shape index (κ1) is 8.47. The van der Waals surface area contributed by atoms with E-state index in [4.69, 9.17) is 0 Å². The lowest BCUT2D eigenvalue weighted by molar-refractivity contribution is 0.884. The van der Waals surface area contributed by atoms with Crippen LogP contribution < -0.4 is 5.32 Å². The predicted octanol–water partition coefficient (Wildman–Crippen LogP) is 1.15. The average molecular weight is 200 g/mol. The summed E-state index contributed by atoms with van der Waals surface area (Å²) in [5, 5.41) is 8.88. The van der Waals surface area contributed by atoms with Crippen LogP contribution in [0.2, 0.25) is 0 Å². The van der Waals surface area contributed by atoms with Gasteiger partial charge in [0.2, 0.25) is 5.96 Å². The lowest BCUT2D eigenvalue weighted by Gasteiger charge is -1.99. The van der Waals surface area contributed by atoms with Crippen molar-refractivity contribution in [2.75, 3.05) is 13.1 Å².